The minimum absolute atomic E-state index is 0.00506. The quantitative estimate of drug-likeness (QED) is 0.290. The number of aryl methyl sites for hydroxylation is 1. The largest absolute Gasteiger partial charge is 0.489 e. The molecule has 0 radical (unpaired) electrons. The van der Waals surface area contributed by atoms with Crippen LogP contribution in [0.1, 0.15) is 69.5 Å². The number of pyridine rings is 1. The molecule has 0 saturated carbocycles. The maximum absolute atomic E-state index is 14.9. The molecule has 0 amide bonds. The van der Waals surface area contributed by atoms with Crippen molar-refractivity contribution in [3.05, 3.63) is 66.3 Å². The number of hydrogen-bond donors (Lipinski definition) is 0. The number of anilines is 1. The van der Waals surface area contributed by atoms with Gasteiger partial charge in [-0.05, 0) is 49.4 Å². The second-order valence-electron chi connectivity index (χ2n) is 8.61. The summed E-state index contributed by atoms with van der Waals surface area (Å²) in [6, 6.07) is 9.57. The van der Waals surface area contributed by atoms with Crippen LogP contribution in [0.5, 0.6) is 5.75 Å². The van der Waals surface area contributed by atoms with Gasteiger partial charge in [-0.1, -0.05) is 38.5 Å². The molecule has 2 aromatic rings. The molecule has 0 bridgehead atoms. The molecule has 5 heteroatoms. The number of carbonyl (C=O) groups is 1. The van der Waals surface area contributed by atoms with Gasteiger partial charge in [-0.2, -0.15) is 0 Å². The summed E-state index contributed by atoms with van der Waals surface area (Å²) in [5.41, 5.74) is 2.18. The number of nitrogens with zero attached hydrogens (tertiary/aromatic N) is 2. The summed E-state index contributed by atoms with van der Waals surface area (Å²) in [5, 5.41) is 0. The molecule has 1 aliphatic rings. The third-order valence-electron chi connectivity index (χ3n) is 6.19. The maximum Gasteiger partial charge on any atom is 0.167 e. The Morgan fingerprint density at radius 2 is 2.09 bits per heavy atom. The van der Waals surface area contributed by atoms with Gasteiger partial charge >= 0.3 is 0 Å². The summed E-state index contributed by atoms with van der Waals surface area (Å²) < 4.78 is 21.1. The Balaban J connectivity index is 1.56. The van der Waals surface area contributed by atoms with Crippen LogP contribution in [0.25, 0.3) is 0 Å². The minimum Gasteiger partial charge on any atom is -0.489 e. The van der Waals surface area contributed by atoms with Crippen LogP contribution in [-0.4, -0.2) is 30.0 Å². The van der Waals surface area contributed by atoms with Gasteiger partial charge in [0.1, 0.15) is 17.6 Å². The molecule has 1 unspecified atom stereocenters. The highest BCUT2D eigenvalue weighted by Gasteiger charge is 2.27. The molecule has 1 aromatic heterocycles. The molecule has 0 spiro atoms. The van der Waals surface area contributed by atoms with Gasteiger partial charge in [0.25, 0.3) is 0 Å². The zero-order valence-corrected chi connectivity index (χ0v) is 19.4. The van der Waals surface area contributed by atoms with Gasteiger partial charge in [-0.25, -0.2) is 4.39 Å². The molecule has 2 atom stereocenters. The number of benzene rings is 1. The van der Waals surface area contributed by atoms with Gasteiger partial charge in [0, 0.05) is 31.5 Å². The number of allylic oxidation sites excluding steroid dienone is 1. The molecule has 4 nitrogen and oxygen atoms in total. The molecule has 1 saturated heterocycles. The summed E-state index contributed by atoms with van der Waals surface area (Å²) in [7, 11) is 0. The smallest absolute Gasteiger partial charge is 0.167 e. The molecular formula is C27H35FN2O2. The summed E-state index contributed by atoms with van der Waals surface area (Å²) in [6.45, 7) is 9.16. The lowest BCUT2D eigenvalue weighted by Gasteiger charge is -2.20. The van der Waals surface area contributed by atoms with Crippen LogP contribution in [0.15, 0.2) is 49.2 Å². The first kappa shape index (κ1) is 24.0. The highest BCUT2D eigenvalue weighted by atomic mass is 19.1. The number of ether oxygens (including phenoxy) is 1. The third kappa shape index (κ3) is 6.18. The Morgan fingerprint density at radius 3 is 2.81 bits per heavy atom. The molecule has 172 valence electrons. The molecule has 1 aromatic carbocycles. The fourth-order valence-corrected chi connectivity index (χ4v) is 4.13. The van der Waals surface area contributed by atoms with E-state index in [2.05, 4.69) is 23.4 Å². The number of ketones is 1. The van der Waals surface area contributed by atoms with E-state index in [1.165, 1.54) is 0 Å². The number of carbonyl (C=O) groups excluding carboxylic acids is 1. The first-order valence-electron chi connectivity index (χ1n) is 11.8. The molecule has 3 rings (SSSR count). The second kappa shape index (κ2) is 11.8. The fraction of sp³-hybridized carbons (Fsp3) is 0.481. The van der Waals surface area contributed by atoms with Gasteiger partial charge in [0.15, 0.2) is 5.82 Å². The van der Waals surface area contributed by atoms with Crippen molar-refractivity contribution in [2.45, 2.75) is 70.8 Å². The van der Waals surface area contributed by atoms with Crippen molar-refractivity contribution in [2.75, 3.05) is 18.0 Å². The number of unbranched alkanes of at least 4 members (excludes halogenated alkanes) is 2. The zero-order valence-electron chi connectivity index (χ0n) is 19.4. The van der Waals surface area contributed by atoms with Crippen LogP contribution >= 0.6 is 0 Å². The first-order chi connectivity index (χ1) is 15.5. The highest BCUT2D eigenvalue weighted by Crippen LogP contribution is 2.28. The van der Waals surface area contributed by atoms with Crippen molar-refractivity contribution in [3.63, 3.8) is 0 Å². The van der Waals surface area contributed by atoms with E-state index < -0.39 is 0 Å². The lowest BCUT2D eigenvalue weighted by Crippen LogP contribution is -2.25. The lowest BCUT2D eigenvalue weighted by atomic mass is 9.93. The van der Waals surface area contributed by atoms with Crippen molar-refractivity contribution in [2.24, 2.45) is 0 Å². The average molecular weight is 439 g/mol. The third-order valence-corrected chi connectivity index (χ3v) is 6.19. The predicted molar refractivity (Wildman–Crippen MR) is 128 cm³/mol. The van der Waals surface area contributed by atoms with Crippen LogP contribution in [-0.2, 0) is 11.2 Å². The van der Waals surface area contributed by atoms with Gasteiger partial charge in [0.05, 0.1) is 17.9 Å². The summed E-state index contributed by atoms with van der Waals surface area (Å²) in [4.78, 5) is 18.6. The Hall–Kier alpha value is -2.69. The highest BCUT2D eigenvalue weighted by molar-refractivity contribution is 5.85. The van der Waals surface area contributed by atoms with E-state index in [0.29, 0.717) is 30.8 Å². The van der Waals surface area contributed by atoms with Gasteiger partial charge < -0.3 is 9.64 Å². The topological polar surface area (TPSA) is 42.4 Å². The molecular weight excluding hydrogens is 403 g/mol. The predicted octanol–water partition coefficient (Wildman–Crippen LogP) is 6.25. The Bertz CT molecular complexity index is 897. The standard InChI is InChI=1S/C27H35FN2O2/c1-4-6-8-10-26(31)20(3)21-11-13-22(14-12-21)32-23-16-18-30(19-23)25-15-17-29-24(27(25)28)9-7-5-2/h4,11-15,17,20,23H,1,5-10,16,18-19H2,2-3H3/t20?,23-/m1/s1. The number of Topliss-reactive ketones (excluding diaryl/α,β-unsaturated/α-hetero) is 1. The first-order valence-corrected chi connectivity index (χ1v) is 11.8. The average Bonchev–Trinajstić information content (AvgIpc) is 3.26. The van der Waals surface area contributed by atoms with Crippen LogP contribution in [0.3, 0.4) is 0 Å². The Kier molecular flexibility index (Phi) is 8.83. The van der Waals surface area contributed by atoms with E-state index in [4.69, 9.17) is 4.74 Å². The van der Waals surface area contributed by atoms with Crippen molar-refractivity contribution in [3.8, 4) is 5.75 Å². The van der Waals surface area contributed by atoms with Crippen LogP contribution in [0, 0.1) is 5.82 Å². The number of rotatable bonds is 12. The van der Waals surface area contributed by atoms with E-state index >= 15 is 0 Å². The monoisotopic (exact) mass is 438 g/mol. The van der Waals surface area contributed by atoms with E-state index in [0.717, 1.165) is 50.0 Å². The molecule has 32 heavy (non-hydrogen) atoms. The second-order valence-corrected chi connectivity index (χ2v) is 8.61. The van der Waals surface area contributed by atoms with Crippen molar-refractivity contribution in [1.82, 2.24) is 4.98 Å². The zero-order chi connectivity index (χ0) is 22.9. The van der Waals surface area contributed by atoms with Crippen LogP contribution in [0.2, 0.25) is 0 Å². The lowest BCUT2D eigenvalue weighted by molar-refractivity contribution is -0.120. The maximum atomic E-state index is 14.9. The number of hydrogen-bond acceptors (Lipinski definition) is 4. The van der Waals surface area contributed by atoms with Crippen LogP contribution < -0.4 is 9.64 Å². The summed E-state index contributed by atoms with van der Waals surface area (Å²) in [6.07, 6.45) is 9.33. The van der Waals surface area contributed by atoms with Crippen molar-refractivity contribution >= 4 is 11.5 Å². The van der Waals surface area contributed by atoms with Gasteiger partial charge in [0.2, 0.25) is 0 Å². The van der Waals surface area contributed by atoms with E-state index in [9.17, 15) is 9.18 Å². The molecule has 2 heterocycles. The summed E-state index contributed by atoms with van der Waals surface area (Å²) >= 11 is 0. The van der Waals surface area contributed by atoms with Crippen molar-refractivity contribution < 1.29 is 13.9 Å². The summed E-state index contributed by atoms with van der Waals surface area (Å²) in [5.74, 6) is 0.723. The van der Waals surface area contributed by atoms with E-state index in [1.807, 2.05) is 37.3 Å². The molecule has 1 fully saturated rings. The van der Waals surface area contributed by atoms with Gasteiger partial charge in [-0.3, -0.25) is 9.78 Å². The number of aromatic nitrogens is 1. The molecule has 0 N–H and O–H groups in total. The molecule has 1 aliphatic heterocycles. The minimum atomic E-state index is -0.197. The Labute approximate surface area is 191 Å². The van der Waals surface area contributed by atoms with E-state index in [1.54, 1.807) is 12.3 Å². The fourth-order valence-electron chi connectivity index (χ4n) is 4.13. The van der Waals surface area contributed by atoms with Crippen LogP contribution in [0.4, 0.5) is 10.1 Å². The van der Waals surface area contributed by atoms with Gasteiger partial charge in [-0.15, -0.1) is 6.58 Å². The number of halogens is 1. The SMILES string of the molecule is C=CCCCC(=O)C(C)c1ccc(O[C@@H]2CCN(c3ccnc(CCCC)c3F)C2)cc1. The van der Waals surface area contributed by atoms with Crippen molar-refractivity contribution in [1.29, 1.82) is 0 Å². The molecule has 0 aliphatic carbocycles. The Morgan fingerprint density at radius 1 is 1.31 bits per heavy atom. The normalized spacial score (nSPS) is 16.7. The van der Waals surface area contributed by atoms with E-state index in [-0.39, 0.29) is 23.6 Å².